The molecule has 0 heterocycles. The van der Waals surface area contributed by atoms with Gasteiger partial charge in [-0.1, -0.05) is 71.0 Å². The molecule has 0 atom stereocenters. The van der Waals surface area contributed by atoms with Gasteiger partial charge in [0.15, 0.2) is 0 Å². The van der Waals surface area contributed by atoms with Gasteiger partial charge in [-0.3, -0.25) is 0 Å². The Morgan fingerprint density at radius 2 is 0.911 bits per heavy atom. The molecule has 296 valence electrons. The van der Waals surface area contributed by atoms with Crippen LogP contribution < -0.4 is 0 Å². The number of aliphatic carboxylic acids is 2. The lowest BCUT2D eigenvalue weighted by atomic mass is 10.1. The normalized spacial score (nSPS) is 11.7. The van der Waals surface area contributed by atoms with Gasteiger partial charge in [-0.05, 0) is 100 Å². The third kappa shape index (κ3) is 19.4. The lowest BCUT2D eigenvalue weighted by Crippen LogP contribution is -2.17. The summed E-state index contributed by atoms with van der Waals surface area (Å²) in [6.07, 6.45) is 8.09. The van der Waals surface area contributed by atoms with Crippen LogP contribution in [0.3, 0.4) is 0 Å². The number of aromatic hydroxyl groups is 2. The molecule has 4 rings (SSSR count). The summed E-state index contributed by atoms with van der Waals surface area (Å²) >= 11 is 0. The predicted octanol–water partition coefficient (Wildman–Crippen LogP) is 6.77. The minimum absolute atomic E-state index is 0.196. The van der Waals surface area contributed by atoms with E-state index in [1.54, 1.807) is 109 Å². The summed E-state index contributed by atoms with van der Waals surface area (Å²) < 4.78 is 28.1. The van der Waals surface area contributed by atoms with Crippen molar-refractivity contribution in [3.8, 4) is 11.5 Å². The highest BCUT2D eigenvalue weighted by Crippen LogP contribution is 2.15. The molecule has 0 radical (unpaired) electrons. The van der Waals surface area contributed by atoms with Gasteiger partial charge in [0.25, 0.3) is 0 Å². The molecule has 0 saturated heterocycles. The Morgan fingerprint density at radius 1 is 0.571 bits per heavy atom. The quantitative estimate of drug-likeness (QED) is 0.0414. The first-order chi connectivity index (χ1) is 26.7. The Balaban J connectivity index is 0.000000325. The van der Waals surface area contributed by atoms with Crippen LogP contribution in [-0.2, 0) is 19.3 Å². The smallest absolute Gasteiger partial charge is 0.328 e. The fourth-order valence-electron chi connectivity index (χ4n) is 4.02. The molecule has 0 aliphatic carbocycles. The molecule has 12 nitrogen and oxygen atoms in total. The number of phenols is 2. The van der Waals surface area contributed by atoms with Gasteiger partial charge in [0.1, 0.15) is 47.8 Å². The fraction of sp³-hybridized carbons (Fsp3) is 0.190. The number of benzene rings is 4. The Kier molecular flexibility index (Phi) is 20.6. The van der Waals surface area contributed by atoms with Crippen LogP contribution in [0, 0.1) is 11.6 Å². The zero-order valence-corrected chi connectivity index (χ0v) is 31.5. The van der Waals surface area contributed by atoms with Crippen molar-refractivity contribution in [2.24, 2.45) is 10.3 Å². The lowest BCUT2D eigenvalue weighted by Gasteiger charge is -2.08. The maximum atomic E-state index is 14.0. The highest BCUT2D eigenvalue weighted by molar-refractivity contribution is 6.11. The Morgan fingerprint density at radius 3 is 1.21 bits per heavy atom. The standard InChI is InChI=1S/2C19H21FN2O2.C4H4O4/c2*1-22(2)13-14-24-21-19(17-5-3-4-6-18(17)20)12-9-15-7-10-16(23)11-8-15;5-3(6)1-2-4(7)8/h2*3-12,23H,13-14H2,1-2H3;1-2H,(H,5,6)(H,7,8). The van der Waals surface area contributed by atoms with Crippen molar-refractivity contribution in [1.82, 2.24) is 9.80 Å². The molecule has 4 N–H and O–H groups in total. The predicted molar refractivity (Wildman–Crippen MR) is 214 cm³/mol. The van der Waals surface area contributed by atoms with Crippen LogP contribution in [0.1, 0.15) is 22.3 Å². The van der Waals surface area contributed by atoms with Gasteiger partial charge in [-0.15, -0.1) is 0 Å². The van der Waals surface area contributed by atoms with Crippen LogP contribution in [0.2, 0.25) is 0 Å². The van der Waals surface area contributed by atoms with Crippen LogP contribution in [0.15, 0.2) is 132 Å². The third-order valence-electron chi connectivity index (χ3n) is 6.91. The molecule has 0 saturated carbocycles. The number of halogens is 2. The Labute approximate surface area is 324 Å². The number of phenolic OH excluding ortho intramolecular Hbond substituents is 2. The molecule has 0 fully saturated rings. The number of rotatable bonds is 16. The van der Waals surface area contributed by atoms with Gasteiger partial charge in [0.2, 0.25) is 0 Å². The number of allylic oxidation sites excluding steroid dienone is 2. The van der Waals surface area contributed by atoms with E-state index in [9.17, 15) is 28.6 Å². The van der Waals surface area contributed by atoms with E-state index in [2.05, 4.69) is 10.3 Å². The number of nitrogens with zero attached hydrogens (tertiary/aromatic N) is 4. The van der Waals surface area contributed by atoms with Crippen LogP contribution >= 0.6 is 0 Å². The van der Waals surface area contributed by atoms with Crippen LogP contribution in [0.4, 0.5) is 8.78 Å². The second kappa shape index (κ2) is 25.4. The number of carboxylic acids is 2. The molecule has 4 aromatic rings. The number of carbonyl (C=O) groups is 2. The van der Waals surface area contributed by atoms with Crippen molar-refractivity contribution in [3.63, 3.8) is 0 Å². The molecule has 0 bridgehead atoms. The zero-order chi connectivity index (χ0) is 41.3. The molecule has 0 spiro atoms. The molecule has 0 aliphatic heterocycles. The van der Waals surface area contributed by atoms with Crippen molar-refractivity contribution in [3.05, 3.63) is 155 Å². The third-order valence-corrected chi connectivity index (χ3v) is 6.91. The summed E-state index contributed by atoms with van der Waals surface area (Å²) in [7, 11) is 7.76. The lowest BCUT2D eigenvalue weighted by molar-refractivity contribution is -0.134. The highest BCUT2D eigenvalue weighted by atomic mass is 19.1. The second-order valence-electron chi connectivity index (χ2n) is 12.0. The van der Waals surface area contributed by atoms with Crippen molar-refractivity contribution in [1.29, 1.82) is 0 Å². The molecule has 56 heavy (non-hydrogen) atoms. The summed E-state index contributed by atoms with van der Waals surface area (Å²) in [5.41, 5.74) is 3.28. The van der Waals surface area contributed by atoms with Crippen LogP contribution in [0.5, 0.6) is 11.5 Å². The topological polar surface area (TPSA) is 165 Å². The Bertz CT molecular complexity index is 1820. The van der Waals surface area contributed by atoms with Gasteiger partial charge >= 0.3 is 11.9 Å². The van der Waals surface area contributed by atoms with E-state index in [1.807, 2.05) is 38.0 Å². The maximum Gasteiger partial charge on any atom is 0.328 e. The van der Waals surface area contributed by atoms with Gasteiger partial charge in [-0.2, -0.15) is 0 Å². The summed E-state index contributed by atoms with van der Waals surface area (Å²) in [5.74, 6) is -2.84. The van der Waals surface area contributed by atoms with Gasteiger partial charge in [0, 0.05) is 36.4 Å². The molecule has 4 aromatic carbocycles. The summed E-state index contributed by atoms with van der Waals surface area (Å²) in [5, 5.41) is 42.4. The van der Waals surface area contributed by atoms with E-state index in [1.165, 1.54) is 12.1 Å². The minimum atomic E-state index is -1.26. The van der Waals surface area contributed by atoms with E-state index >= 15 is 0 Å². The SMILES string of the molecule is CN(C)CCON=C(C=Cc1ccc(O)cc1)c1ccccc1F.CN(C)CCON=C(C=Cc1ccc(O)cc1)c1ccccc1F.O=C(O)C=CC(=O)O. The van der Waals surface area contributed by atoms with E-state index in [4.69, 9.17) is 19.9 Å². The van der Waals surface area contributed by atoms with Crippen LogP contribution in [-0.4, -0.2) is 108 Å². The highest BCUT2D eigenvalue weighted by Gasteiger charge is 2.09. The largest absolute Gasteiger partial charge is 0.508 e. The molecule has 0 aromatic heterocycles. The van der Waals surface area contributed by atoms with Crippen molar-refractivity contribution < 1.29 is 48.5 Å². The van der Waals surface area contributed by atoms with Gasteiger partial charge in [-0.25, -0.2) is 18.4 Å². The van der Waals surface area contributed by atoms with Gasteiger partial charge in [0.05, 0.1) is 0 Å². The van der Waals surface area contributed by atoms with E-state index < -0.39 is 11.9 Å². The molecule has 14 heteroatoms. The second-order valence-corrected chi connectivity index (χ2v) is 12.0. The average molecular weight is 773 g/mol. The van der Waals surface area contributed by atoms with Crippen LogP contribution in [0.25, 0.3) is 12.2 Å². The van der Waals surface area contributed by atoms with Crippen molar-refractivity contribution >= 4 is 35.5 Å². The van der Waals surface area contributed by atoms with Gasteiger partial charge < -0.3 is 39.9 Å². The van der Waals surface area contributed by atoms with Crippen molar-refractivity contribution in [2.75, 3.05) is 54.5 Å². The molecule has 0 unspecified atom stereocenters. The molecule has 0 aliphatic rings. The van der Waals surface area contributed by atoms with E-state index in [0.29, 0.717) is 47.9 Å². The molecule has 0 amide bonds. The first-order valence-electron chi connectivity index (χ1n) is 17.0. The average Bonchev–Trinajstić information content (AvgIpc) is 3.16. The summed E-state index contributed by atoms with van der Waals surface area (Å²) in [4.78, 5) is 33.7. The maximum absolute atomic E-state index is 14.0. The number of carboxylic acid groups (broad SMARTS) is 2. The van der Waals surface area contributed by atoms with E-state index in [0.717, 1.165) is 24.2 Å². The number of likely N-dealkylation sites (N-methyl/N-ethyl adjacent to an activating group) is 2. The van der Waals surface area contributed by atoms with E-state index in [-0.39, 0.29) is 23.1 Å². The summed E-state index contributed by atoms with van der Waals surface area (Å²) in [6, 6.07) is 26.3. The first kappa shape index (κ1) is 45.5. The number of hydrogen-bond donors (Lipinski definition) is 4. The summed E-state index contributed by atoms with van der Waals surface area (Å²) in [6.45, 7) is 2.27. The Hall–Kier alpha value is -6.64. The first-order valence-corrected chi connectivity index (χ1v) is 17.0. The fourth-order valence-corrected chi connectivity index (χ4v) is 4.02. The minimum Gasteiger partial charge on any atom is -0.508 e. The van der Waals surface area contributed by atoms with Crippen molar-refractivity contribution in [2.45, 2.75) is 0 Å². The molecular weight excluding hydrogens is 726 g/mol. The number of hydrogen-bond acceptors (Lipinski definition) is 10. The molecular formula is C42H46F2N4O8. The monoisotopic (exact) mass is 772 g/mol. The zero-order valence-electron chi connectivity index (χ0n) is 31.5. The number of oxime groups is 2.